The molecule has 0 unspecified atom stereocenters. The lowest BCUT2D eigenvalue weighted by molar-refractivity contribution is -0.291. The van der Waals surface area contributed by atoms with Crippen LogP contribution < -0.4 is 0 Å². The average molecular weight is 547 g/mol. The largest absolute Gasteiger partial charge is 0.466 e. The Balaban J connectivity index is 1.16. The third-order valence-electron chi connectivity index (χ3n) is 8.45. The molecule has 2 spiro atoms. The number of allylic oxidation sites excluding steroid dienone is 2. The highest BCUT2D eigenvalue weighted by atomic mass is 16.7. The van der Waals surface area contributed by atoms with E-state index < -0.39 is 23.6 Å². The van der Waals surface area contributed by atoms with Crippen molar-refractivity contribution in [2.75, 3.05) is 6.61 Å². The van der Waals surface area contributed by atoms with Crippen molar-refractivity contribution >= 4 is 11.8 Å². The zero-order valence-corrected chi connectivity index (χ0v) is 24.5. The Morgan fingerprint density at radius 2 is 1.41 bits per heavy atom. The van der Waals surface area contributed by atoms with Gasteiger partial charge in [-0.15, -0.1) is 0 Å². The lowest BCUT2D eigenvalue weighted by Gasteiger charge is -2.41. The van der Waals surface area contributed by atoms with Crippen molar-refractivity contribution in [3.63, 3.8) is 0 Å². The van der Waals surface area contributed by atoms with E-state index in [1.54, 1.807) is 12.2 Å². The SMILES string of the molecule is CCCCCCCCCCCCCCCCCCOC(=O)C[C@H]1C[C@H](O)C[C@]2(CCC3(C=CC(=O)C=C3)O2)O1. The van der Waals surface area contributed by atoms with Crippen LogP contribution in [0.25, 0.3) is 0 Å². The molecular formula is C33H54O6. The molecule has 0 aromatic rings. The molecule has 3 rings (SSSR count). The lowest BCUT2D eigenvalue weighted by atomic mass is 9.92. The molecular weight excluding hydrogens is 492 g/mol. The number of carbonyl (C=O) groups is 2. The Bertz CT molecular complexity index is 773. The zero-order valence-electron chi connectivity index (χ0n) is 24.5. The predicted molar refractivity (Wildman–Crippen MR) is 154 cm³/mol. The number of unbranched alkanes of at least 4 members (excludes halogenated alkanes) is 15. The molecule has 2 saturated heterocycles. The second-order valence-corrected chi connectivity index (χ2v) is 12.1. The summed E-state index contributed by atoms with van der Waals surface area (Å²) in [6, 6.07) is 0. The minimum Gasteiger partial charge on any atom is -0.466 e. The van der Waals surface area contributed by atoms with Crippen molar-refractivity contribution in [2.45, 2.75) is 165 Å². The Hall–Kier alpha value is -1.50. The van der Waals surface area contributed by atoms with Gasteiger partial charge in [-0.3, -0.25) is 9.59 Å². The number of aliphatic hydroxyl groups is 1. The molecule has 2 fully saturated rings. The molecule has 6 nitrogen and oxygen atoms in total. The number of ether oxygens (including phenoxy) is 3. The highest BCUT2D eigenvalue weighted by molar-refractivity contribution is 6.00. The Labute approximate surface area is 236 Å². The maximum absolute atomic E-state index is 12.4. The molecule has 3 atom stereocenters. The minimum atomic E-state index is -0.925. The number of hydrogen-bond acceptors (Lipinski definition) is 6. The molecule has 3 aliphatic rings. The fourth-order valence-electron chi connectivity index (χ4n) is 6.20. The summed E-state index contributed by atoms with van der Waals surface area (Å²) < 4.78 is 18.0. The number of hydrogen-bond donors (Lipinski definition) is 1. The molecule has 0 aromatic heterocycles. The van der Waals surface area contributed by atoms with E-state index in [0.717, 1.165) is 12.8 Å². The quantitative estimate of drug-likeness (QED) is 0.132. The first-order valence-corrected chi connectivity index (χ1v) is 16.1. The third kappa shape index (κ3) is 11.9. The van der Waals surface area contributed by atoms with Gasteiger partial charge in [0, 0.05) is 19.3 Å². The van der Waals surface area contributed by atoms with Crippen LogP contribution in [0.5, 0.6) is 0 Å². The van der Waals surface area contributed by atoms with E-state index in [9.17, 15) is 14.7 Å². The van der Waals surface area contributed by atoms with Crippen molar-refractivity contribution in [3.8, 4) is 0 Å². The van der Waals surface area contributed by atoms with E-state index in [1.165, 1.54) is 102 Å². The summed E-state index contributed by atoms with van der Waals surface area (Å²) in [5, 5.41) is 10.5. The average Bonchev–Trinajstić information content (AvgIpc) is 3.23. The number of aliphatic hydroxyl groups excluding tert-OH is 1. The number of rotatable bonds is 19. The second-order valence-electron chi connectivity index (χ2n) is 12.1. The summed E-state index contributed by atoms with van der Waals surface area (Å²) in [5.74, 6) is -1.26. The van der Waals surface area contributed by atoms with Gasteiger partial charge >= 0.3 is 5.97 Å². The zero-order chi connectivity index (χ0) is 27.8. The van der Waals surface area contributed by atoms with E-state index in [2.05, 4.69) is 6.92 Å². The van der Waals surface area contributed by atoms with E-state index in [0.29, 0.717) is 32.3 Å². The summed E-state index contributed by atoms with van der Waals surface area (Å²) in [6.07, 6.45) is 28.8. The number of carbonyl (C=O) groups excluding carboxylic acids is 2. The predicted octanol–water partition coefficient (Wildman–Crippen LogP) is 7.66. The summed E-state index contributed by atoms with van der Waals surface area (Å²) >= 11 is 0. The molecule has 0 saturated carbocycles. The highest BCUT2D eigenvalue weighted by Crippen LogP contribution is 2.47. The minimum absolute atomic E-state index is 0.0558. The van der Waals surface area contributed by atoms with Crippen LogP contribution >= 0.6 is 0 Å². The van der Waals surface area contributed by atoms with Crippen LogP contribution in [0, 0.1) is 0 Å². The maximum Gasteiger partial charge on any atom is 0.308 e. The lowest BCUT2D eigenvalue weighted by Crippen LogP contribution is -2.48. The smallest absolute Gasteiger partial charge is 0.308 e. The van der Waals surface area contributed by atoms with Gasteiger partial charge in [-0.1, -0.05) is 103 Å². The summed E-state index contributed by atoms with van der Waals surface area (Å²) in [7, 11) is 0. The first-order chi connectivity index (χ1) is 18.9. The van der Waals surface area contributed by atoms with Crippen LogP contribution in [0.4, 0.5) is 0 Å². The van der Waals surface area contributed by atoms with Crippen molar-refractivity contribution in [2.24, 2.45) is 0 Å². The molecule has 0 aromatic carbocycles. The topological polar surface area (TPSA) is 82.1 Å². The van der Waals surface area contributed by atoms with Crippen LogP contribution in [0.1, 0.15) is 142 Å². The Morgan fingerprint density at radius 1 is 0.872 bits per heavy atom. The molecule has 1 N–H and O–H groups in total. The van der Waals surface area contributed by atoms with E-state index in [1.807, 2.05) is 0 Å². The van der Waals surface area contributed by atoms with Crippen LogP contribution in [-0.2, 0) is 23.8 Å². The molecule has 0 radical (unpaired) electrons. The standard InChI is InChI=1S/C33H54O6/c1-2-3-4-5-6-7-8-9-10-11-12-13-14-15-16-17-24-37-31(36)26-30-25-29(35)27-33(38-30)23-22-32(39-33)20-18-28(34)19-21-32/h18-21,29-30,35H,2-17,22-27H2,1H3/t29-,30+,33+/m0/s1. The molecule has 39 heavy (non-hydrogen) atoms. The van der Waals surface area contributed by atoms with E-state index in [-0.39, 0.29) is 18.2 Å². The van der Waals surface area contributed by atoms with Crippen LogP contribution in [-0.4, -0.2) is 47.1 Å². The molecule has 6 heteroatoms. The first kappa shape index (κ1) is 32.0. The van der Waals surface area contributed by atoms with Crippen molar-refractivity contribution in [3.05, 3.63) is 24.3 Å². The molecule has 222 valence electrons. The van der Waals surface area contributed by atoms with Gasteiger partial charge in [0.2, 0.25) is 0 Å². The van der Waals surface area contributed by atoms with Gasteiger partial charge in [-0.05, 0) is 37.1 Å². The van der Waals surface area contributed by atoms with Crippen molar-refractivity contribution in [1.82, 2.24) is 0 Å². The first-order valence-electron chi connectivity index (χ1n) is 16.1. The fourth-order valence-corrected chi connectivity index (χ4v) is 6.20. The molecule has 0 bridgehead atoms. The number of ketones is 1. The van der Waals surface area contributed by atoms with Gasteiger partial charge < -0.3 is 19.3 Å². The van der Waals surface area contributed by atoms with Gasteiger partial charge in [-0.2, -0.15) is 0 Å². The van der Waals surface area contributed by atoms with Gasteiger partial charge in [-0.25, -0.2) is 0 Å². The van der Waals surface area contributed by atoms with Crippen molar-refractivity contribution in [1.29, 1.82) is 0 Å². The van der Waals surface area contributed by atoms with Crippen LogP contribution in [0.2, 0.25) is 0 Å². The normalized spacial score (nSPS) is 25.6. The highest BCUT2D eigenvalue weighted by Gasteiger charge is 2.52. The summed E-state index contributed by atoms with van der Waals surface area (Å²) in [5.41, 5.74) is -0.663. The van der Waals surface area contributed by atoms with Gasteiger partial charge in [0.1, 0.15) is 5.60 Å². The molecule has 1 aliphatic carbocycles. The summed E-state index contributed by atoms with van der Waals surface area (Å²) in [4.78, 5) is 23.9. The second kappa shape index (κ2) is 17.3. The van der Waals surface area contributed by atoms with Gasteiger partial charge in [0.15, 0.2) is 11.6 Å². The van der Waals surface area contributed by atoms with E-state index >= 15 is 0 Å². The Morgan fingerprint density at radius 3 is 1.97 bits per heavy atom. The maximum atomic E-state index is 12.4. The molecule has 2 heterocycles. The third-order valence-corrected chi connectivity index (χ3v) is 8.45. The van der Waals surface area contributed by atoms with Gasteiger partial charge in [0.05, 0.1) is 25.2 Å². The fraction of sp³-hybridized carbons (Fsp3) is 0.818. The number of esters is 1. The van der Waals surface area contributed by atoms with Crippen molar-refractivity contribution < 1.29 is 28.9 Å². The van der Waals surface area contributed by atoms with Gasteiger partial charge in [0.25, 0.3) is 0 Å². The Kier molecular flexibility index (Phi) is 14.2. The monoisotopic (exact) mass is 546 g/mol. The van der Waals surface area contributed by atoms with Crippen LogP contribution in [0.15, 0.2) is 24.3 Å². The molecule has 0 amide bonds. The molecule has 2 aliphatic heterocycles. The summed E-state index contributed by atoms with van der Waals surface area (Å²) in [6.45, 7) is 2.72. The van der Waals surface area contributed by atoms with E-state index in [4.69, 9.17) is 14.2 Å². The van der Waals surface area contributed by atoms with Crippen LogP contribution in [0.3, 0.4) is 0 Å².